The first-order chi connectivity index (χ1) is 5.81. The fourth-order valence-electron chi connectivity index (χ4n) is 0.277. The lowest BCUT2D eigenvalue weighted by Gasteiger charge is -1.97. The molecule has 0 spiro atoms. The van der Waals surface area contributed by atoms with E-state index >= 15 is 0 Å². The molecule has 0 aliphatic carbocycles. The molecule has 0 atom stereocenters. The molecule has 82 valence electrons. The Morgan fingerprint density at radius 3 is 1.62 bits per heavy atom. The Kier molecular flexibility index (Phi) is 11.0. The minimum absolute atomic E-state index is 0.456. The summed E-state index contributed by atoms with van der Waals surface area (Å²) in [7, 11) is -2.14. The van der Waals surface area contributed by atoms with Crippen molar-refractivity contribution in [1.29, 1.82) is 0 Å². The van der Waals surface area contributed by atoms with E-state index in [0.717, 1.165) is 0 Å². The van der Waals surface area contributed by atoms with Gasteiger partial charge in [-0.1, -0.05) is 0 Å². The zero-order valence-electron chi connectivity index (χ0n) is 7.15. The normalized spacial score (nSPS) is 11.0. The summed E-state index contributed by atoms with van der Waals surface area (Å²) in [6, 6.07) is 0. The first-order valence-corrected chi connectivity index (χ1v) is 5.38. The van der Waals surface area contributed by atoms with Gasteiger partial charge in [-0.3, -0.25) is 4.57 Å². The first kappa shape index (κ1) is 15.9. The van der Waals surface area contributed by atoms with Gasteiger partial charge in [0.1, 0.15) is 0 Å². The molecule has 8 heteroatoms. The third kappa shape index (κ3) is 32.7. The summed E-state index contributed by atoms with van der Waals surface area (Å²) in [5.41, 5.74) is 0. The van der Waals surface area contributed by atoms with Crippen molar-refractivity contribution in [2.45, 2.75) is 18.9 Å². The third-order valence-corrected chi connectivity index (χ3v) is 1.57. The molecule has 0 aliphatic heterocycles. The fraction of sp³-hybridized carbons (Fsp3) is 1.00. The Bertz CT molecular complexity index is 127. The van der Waals surface area contributed by atoms with E-state index < -0.39 is 13.3 Å². The smallest absolute Gasteiger partial charge is 0.311 e. The van der Waals surface area contributed by atoms with Gasteiger partial charge in [-0.05, 0) is 13.8 Å². The van der Waals surface area contributed by atoms with E-state index in [-0.39, 0.29) is 0 Å². The van der Waals surface area contributed by atoms with Crippen molar-refractivity contribution >= 4 is 24.2 Å². The van der Waals surface area contributed by atoms with E-state index in [1.54, 1.807) is 13.8 Å². The summed E-state index contributed by atoms with van der Waals surface area (Å²) in [5.74, 6) is 0. The number of hydrogen-bond acceptors (Lipinski definition) is 3. The molecule has 3 nitrogen and oxygen atoms in total. The zero-order chi connectivity index (χ0) is 10.9. The number of rotatable bonds is 4. The van der Waals surface area contributed by atoms with Gasteiger partial charge in [0, 0.05) is 15.9 Å². The minimum atomic E-state index is -4.19. The van der Waals surface area contributed by atoms with Crippen molar-refractivity contribution < 1.29 is 26.8 Å². The average molecular weight is 287 g/mol. The molecule has 0 amide bonds. The van der Waals surface area contributed by atoms with Gasteiger partial charge in [0.05, 0.1) is 13.2 Å². The molecule has 0 heterocycles. The van der Waals surface area contributed by atoms with Crippen LogP contribution in [0.2, 0.25) is 0 Å². The molecule has 13 heavy (non-hydrogen) atoms. The molecule has 0 N–H and O–H groups in total. The quantitative estimate of drug-likeness (QED) is 0.587. The van der Waals surface area contributed by atoms with Crippen LogP contribution in [0.3, 0.4) is 0 Å². The number of alkyl halides is 4. The summed E-state index contributed by atoms with van der Waals surface area (Å²) in [5, 5.41) is -4.19. The van der Waals surface area contributed by atoms with E-state index in [9.17, 15) is 17.7 Å². The zero-order valence-corrected chi connectivity index (χ0v) is 9.74. The lowest BCUT2D eigenvalue weighted by Crippen LogP contribution is -1.88. The highest BCUT2D eigenvalue weighted by Gasteiger charge is 2.19. The van der Waals surface area contributed by atoms with E-state index in [0.29, 0.717) is 13.2 Å². The van der Waals surface area contributed by atoms with Crippen molar-refractivity contribution in [3.8, 4) is 0 Å². The molecule has 0 aliphatic rings. The number of halogens is 4. The van der Waals surface area contributed by atoms with Gasteiger partial charge in [-0.25, -0.2) is 0 Å². The molecule has 0 aromatic carbocycles. The lowest BCUT2D eigenvalue weighted by molar-refractivity contribution is -0.0245. The Morgan fingerprint density at radius 1 is 1.23 bits per heavy atom. The predicted molar refractivity (Wildman–Crippen MR) is 47.2 cm³/mol. The van der Waals surface area contributed by atoms with Gasteiger partial charge >= 0.3 is 13.3 Å². The molecule has 0 radical (unpaired) electrons. The van der Waals surface area contributed by atoms with Gasteiger partial charge in [-0.15, -0.1) is 0 Å². The Morgan fingerprint density at radius 2 is 1.46 bits per heavy atom. The van der Waals surface area contributed by atoms with Gasteiger partial charge in [0.25, 0.3) is 0 Å². The van der Waals surface area contributed by atoms with Crippen LogP contribution in [-0.4, -0.2) is 18.3 Å². The van der Waals surface area contributed by atoms with Crippen molar-refractivity contribution in [3.63, 3.8) is 0 Å². The van der Waals surface area contributed by atoms with Gasteiger partial charge in [0.15, 0.2) is 0 Å². The average Bonchev–Trinajstić information content (AvgIpc) is 1.84. The van der Waals surface area contributed by atoms with Crippen LogP contribution >= 0.6 is 24.2 Å². The summed E-state index contributed by atoms with van der Waals surface area (Å²) in [6.07, 6.45) is 0. The van der Waals surface area contributed by atoms with Crippen molar-refractivity contribution in [1.82, 2.24) is 0 Å². The minimum Gasteiger partial charge on any atom is -0.311 e. The van der Waals surface area contributed by atoms with E-state index in [4.69, 9.17) is 0 Å². The van der Waals surface area contributed by atoms with Crippen LogP contribution in [0.15, 0.2) is 0 Å². The topological polar surface area (TPSA) is 35.5 Å². The molecule has 0 fully saturated rings. The second kappa shape index (κ2) is 8.99. The summed E-state index contributed by atoms with van der Waals surface area (Å²) >= 11 is 1.38. The molecule has 0 saturated carbocycles. The highest BCUT2D eigenvalue weighted by molar-refractivity contribution is 9.09. The molecule has 0 unspecified atom stereocenters. The second-order valence-corrected chi connectivity index (χ2v) is 3.52. The van der Waals surface area contributed by atoms with E-state index in [2.05, 4.69) is 9.05 Å². The van der Waals surface area contributed by atoms with Crippen LogP contribution < -0.4 is 0 Å². The fourth-order valence-corrected chi connectivity index (χ4v) is 0.832. The molecule has 0 bridgehead atoms. The Balaban J connectivity index is 0. The van der Waals surface area contributed by atoms with Gasteiger partial charge in [0.2, 0.25) is 0 Å². The van der Waals surface area contributed by atoms with Crippen molar-refractivity contribution in [2.24, 2.45) is 0 Å². The molecular weight excluding hydrogens is 276 g/mol. The highest BCUT2D eigenvalue weighted by Crippen LogP contribution is 2.22. The van der Waals surface area contributed by atoms with E-state index in [1.807, 2.05) is 0 Å². The largest absolute Gasteiger partial charge is 0.448 e. The maximum atomic E-state index is 10.4. The standard InChI is InChI=1S/C4H11O3P.CBrF3/c1-3-6-8(5)7-4-2;2-1(3,4)5/h8H,3-4H2,1-2H3;. The van der Waals surface area contributed by atoms with Gasteiger partial charge < -0.3 is 9.05 Å². The van der Waals surface area contributed by atoms with Crippen molar-refractivity contribution in [2.75, 3.05) is 13.2 Å². The van der Waals surface area contributed by atoms with Crippen LogP contribution in [0.5, 0.6) is 0 Å². The summed E-state index contributed by atoms with van der Waals surface area (Å²) in [4.78, 5) is 0. The summed E-state index contributed by atoms with van der Waals surface area (Å²) in [6.45, 7) is 4.47. The first-order valence-electron chi connectivity index (χ1n) is 3.36. The van der Waals surface area contributed by atoms with E-state index in [1.165, 1.54) is 15.9 Å². The van der Waals surface area contributed by atoms with Crippen LogP contribution in [0.25, 0.3) is 0 Å². The predicted octanol–water partition coefficient (Wildman–Crippen LogP) is 3.35. The Hall–Kier alpha value is 0.420. The van der Waals surface area contributed by atoms with Crippen LogP contribution in [0.4, 0.5) is 13.2 Å². The number of hydrogen-bond donors (Lipinski definition) is 0. The molecule has 0 rings (SSSR count). The maximum absolute atomic E-state index is 10.4. The van der Waals surface area contributed by atoms with Crippen molar-refractivity contribution in [3.05, 3.63) is 0 Å². The molecule has 0 aromatic heterocycles. The van der Waals surface area contributed by atoms with Crippen LogP contribution in [0.1, 0.15) is 13.8 Å². The van der Waals surface area contributed by atoms with Gasteiger partial charge in [-0.2, -0.15) is 13.2 Å². The molecule has 0 aromatic rings. The Labute approximate surface area is 83.7 Å². The molecular formula is C5H11BrF3O3P. The SMILES string of the molecule is CCO[PH](=O)OCC.FC(F)(F)Br. The monoisotopic (exact) mass is 286 g/mol. The van der Waals surface area contributed by atoms with Crippen LogP contribution in [-0.2, 0) is 13.6 Å². The lowest BCUT2D eigenvalue weighted by atomic mass is 10.9. The maximum Gasteiger partial charge on any atom is 0.448 e. The van der Waals surface area contributed by atoms with Crippen LogP contribution in [0, 0.1) is 0 Å². The third-order valence-electron chi connectivity index (χ3n) is 0.524. The highest BCUT2D eigenvalue weighted by atomic mass is 79.9. The molecule has 0 saturated heterocycles. The second-order valence-electron chi connectivity index (χ2n) is 1.54. The summed E-state index contributed by atoms with van der Waals surface area (Å²) < 4.78 is 50.4.